The number of rotatable bonds is 6. The maximum atomic E-state index is 13.4. The van der Waals surface area contributed by atoms with Gasteiger partial charge in [-0.15, -0.1) is 10.2 Å². The molecule has 6 heteroatoms. The van der Waals surface area contributed by atoms with Crippen molar-refractivity contribution >= 4 is 17.7 Å². The van der Waals surface area contributed by atoms with Crippen LogP contribution in [0.1, 0.15) is 48.2 Å². The molecule has 0 unspecified atom stereocenters. The van der Waals surface area contributed by atoms with E-state index in [9.17, 15) is 4.79 Å². The SMILES string of the molecule is O=C([C@H](Sc1nnc(C2CC2)n1-c1ccccc1)c1ccccc1)N1CCCC1. The molecule has 1 aliphatic carbocycles. The molecule has 1 saturated heterocycles. The zero-order valence-corrected chi connectivity index (χ0v) is 17.1. The van der Waals surface area contributed by atoms with Crippen molar-refractivity contribution in [3.8, 4) is 5.69 Å². The van der Waals surface area contributed by atoms with Crippen molar-refractivity contribution in [3.05, 3.63) is 72.1 Å². The molecule has 0 radical (unpaired) electrons. The largest absolute Gasteiger partial charge is 0.341 e. The molecule has 1 aromatic heterocycles. The fraction of sp³-hybridized carbons (Fsp3) is 0.348. The third-order valence-electron chi connectivity index (χ3n) is 5.58. The first-order valence-corrected chi connectivity index (χ1v) is 11.2. The predicted molar refractivity (Wildman–Crippen MR) is 114 cm³/mol. The number of nitrogens with zero attached hydrogens (tertiary/aromatic N) is 4. The molecule has 2 aromatic carbocycles. The van der Waals surface area contributed by atoms with Gasteiger partial charge in [0, 0.05) is 24.7 Å². The number of hydrogen-bond acceptors (Lipinski definition) is 4. The molecule has 0 spiro atoms. The smallest absolute Gasteiger partial charge is 0.240 e. The number of carbonyl (C=O) groups excluding carboxylic acids is 1. The Morgan fingerprint density at radius 1 is 0.931 bits per heavy atom. The van der Waals surface area contributed by atoms with Gasteiger partial charge < -0.3 is 4.90 Å². The minimum Gasteiger partial charge on any atom is -0.341 e. The van der Waals surface area contributed by atoms with Crippen molar-refractivity contribution in [1.29, 1.82) is 0 Å². The Bertz CT molecular complexity index is 979. The predicted octanol–water partition coefficient (Wildman–Crippen LogP) is 4.60. The average Bonchev–Trinajstić information content (AvgIpc) is 3.30. The molecule has 148 valence electrons. The van der Waals surface area contributed by atoms with E-state index in [2.05, 4.69) is 26.9 Å². The molecule has 1 atom stereocenters. The van der Waals surface area contributed by atoms with E-state index < -0.39 is 0 Å². The number of hydrogen-bond donors (Lipinski definition) is 0. The topological polar surface area (TPSA) is 51.0 Å². The average molecular weight is 405 g/mol. The molecule has 1 saturated carbocycles. The second-order valence-corrected chi connectivity index (χ2v) is 8.80. The van der Waals surface area contributed by atoms with Crippen LogP contribution in [0.4, 0.5) is 0 Å². The summed E-state index contributed by atoms with van der Waals surface area (Å²) in [5.74, 6) is 1.66. The van der Waals surface area contributed by atoms with Crippen LogP contribution in [0.3, 0.4) is 0 Å². The Morgan fingerprint density at radius 2 is 1.59 bits per heavy atom. The molecule has 1 aliphatic heterocycles. The third kappa shape index (κ3) is 3.81. The van der Waals surface area contributed by atoms with E-state index in [4.69, 9.17) is 0 Å². The number of amides is 1. The van der Waals surface area contributed by atoms with E-state index in [-0.39, 0.29) is 11.2 Å². The molecular formula is C23H24N4OS. The summed E-state index contributed by atoms with van der Waals surface area (Å²) < 4.78 is 2.15. The summed E-state index contributed by atoms with van der Waals surface area (Å²) in [6.07, 6.45) is 4.49. The zero-order valence-electron chi connectivity index (χ0n) is 16.3. The van der Waals surface area contributed by atoms with E-state index in [0.717, 1.165) is 61.0 Å². The minimum atomic E-state index is -0.312. The number of aromatic nitrogens is 3. The Morgan fingerprint density at radius 3 is 2.24 bits per heavy atom. The lowest BCUT2D eigenvalue weighted by Gasteiger charge is -2.23. The van der Waals surface area contributed by atoms with E-state index in [0.29, 0.717) is 5.92 Å². The van der Waals surface area contributed by atoms with Gasteiger partial charge in [0.25, 0.3) is 0 Å². The van der Waals surface area contributed by atoms with E-state index >= 15 is 0 Å². The van der Waals surface area contributed by atoms with Crippen molar-refractivity contribution < 1.29 is 4.79 Å². The van der Waals surface area contributed by atoms with Crippen LogP contribution in [0.15, 0.2) is 65.8 Å². The van der Waals surface area contributed by atoms with Crippen LogP contribution in [-0.4, -0.2) is 38.7 Å². The molecule has 2 heterocycles. The van der Waals surface area contributed by atoms with Gasteiger partial charge in [-0.05, 0) is 43.4 Å². The Labute approximate surface area is 175 Å². The second-order valence-electron chi connectivity index (χ2n) is 7.73. The first-order valence-electron chi connectivity index (χ1n) is 10.3. The first-order chi connectivity index (χ1) is 14.3. The monoisotopic (exact) mass is 404 g/mol. The molecule has 2 aliphatic rings. The number of thioether (sulfide) groups is 1. The summed E-state index contributed by atoms with van der Waals surface area (Å²) in [4.78, 5) is 15.4. The van der Waals surface area contributed by atoms with Crippen LogP contribution in [0.5, 0.6) is 0 Å². The molecule has 0 N–H and O–H groups in total. The summed E-state index contributed by atoms with van der Waals surface area (Å²) in [5, 5.41) is 9.54. The summed E-state index contributed by atoms with van der Waals surface area (Å²) in [6, 6.07) is 20.3. The van der Waals surface area contributed by atoms with Crippen molar-refractivity contribution in [3.63, 3.8) is 0 Å². The second kappa shape index (κ2) is 8.03. The summed E-state index contributed by atoms with van der Waals surface area (Å²) >= 11 is 1.52. The Balaban J connectivity index is 1.53. The van der Waals surface area contributed by atoms with Crippen LogP contribution < -0.4 is 0 Å². The lowest BCUT2D eigenvalue weighted by atomic mass is 10.1. The van der Waals surface area contributed by atoms with Crippen molar-refractivity contribution in [2.24, 2.45) is 0 Å². The number of para-hydroxylation sites is 1. The molecule has 2 fully saturated rings. The molecular weight excluding hydrogens is 380 g/mol. The molecule has 5 rings (SSSR count). The molecule has 3 aromatic rings. The number of carbonyl (C=O) groups is 1. The van der Waals surface area contributed by atoms with Gasteiger partial charge in [0.2, 0.25) is 5.91 Å². The van der Waals surface area contributed by atoms with Crippen molar-refractivity contribution in [2.45, 2.75) is 42.0 Å². The number of likely N-dealkylation sites (tertiary alicyclic amines) is 1. The molecule has 29 heavy (non-hydrogen) atoms. The van der Waals surface area contributed by atoms with Crippen LogP contribution in [0.25, 0.3) is 5.69 Å². The lowest BCUT2D eigenvalue weighted by Crippen LogP contribution is -2.31. The lowest BCUT2D eigenvalue weighted by molar-refractivity contribution is -0.129. The quantitative estimate of drug-likeness (QED) is 0.564. The van der Waals surface area contributed by atoms with Gasteiger partial charge in [-0.2, -0.15) is 0 Å². The zero-order chi connectivity index (χ0) is 19.6. The maximum Gasteiger partial charge on any atom is 0.240 e. The van der Waals surface area contributed by atoms with E-state index in [1.165, 1.54) is 11.8 Å². The molecule has 5 nitrogen and oxygen atoms in total. The van der Waals surface area contributed by atoms with Gasteiger partial charge in [0.1, 0.15) is 11.1 Å². The van der Waals surface area contributed by atoms with Gasteiger partial charge in [-0.1, -0.05) is 60.3 Å². The van der Waals surface area contributed by atoms with Crippen LogP contribution in [-0.2, 0) is 4.79 Å². The van der Waals surface area contributed by atoms with Crippen LogP contribution in [0, 0.1) is 0 Å². The fourth-order valence-corrected chi connectivity index (χ4v) is 5.03. The van der Waals surface area contributed by atoms with Gasteiger partial charge in [0.15, 0.2) is 5.16 Å². The van der Waals surface area contributed by atoms with Gasteiger partial charge in [0.05, 0.1) is 0 Å². The highest BCUT2D eigenvalue weighted by atomic mass is 32.2. The Hall–Kier alpha value is -2.60. The van der Waals surface area contributed by atoms with E-state index in [1.54, 1.807) is 0 Å². The summed E-state index contributed by atoms with van der Waals surface area (Å²) in [6.45, 7) is 1.70. The van der Waals surface area contributed by atoms with Gasteiger partial charge >= 0.3 is 0 Å². The fourth-order valence-electron chi connectivity index (χ4n) is 3.88. The molecule has 0 bridgehead atoms. The summed E-state index contributed by atoms with van der Waals surface area (Å²) in [7, 11) is 0. The highest BCUT2D eigenvalue weighted by Crippen LogP contribution is 2.43. The third-order valence-corrected chi connectivity index (χ3v) is 6.77. The number of benzene rings is 2. The normalized spacial score (nSPS) is 17.4. The van der Waals surface area contributed by atoms with Crippen LogP contribution >= 0.6 is 11.8 Å². The highest BCUT2D eigenvalue weighted by Gasteiger charge is 2.34. The van der Waals surface area contributed by atoms with Gasteiger partial charge in [-0.3, -0.25) is 9.36 Å². The van der Waals surface area contributed by atoms with Gasteiger partial charge in [-0.25, -0.2) is 0 Å². The molecule has 1 amide bonds. The Kier molecular flexibility index (Phi) is 5.10. The van der Waals surface area contributed by atoms with Crippen molar-refractivity contribution in [1.82, 2.24) is 19.7 Å². The summed E-state index contributed by atoms with van der Waals surface area (Å²) in [5.41, 5.74) is 2.08. The standard InChI is InChI=1S/C23H24N4OS/c28-22(26-15-7-8-16-26)20(17-9-3-1-4-10-17)29-23-25-24-21(18-13-14-18)27(23)19-11-5-2-6-12-19/h1-6,9-12,18,20H,7-8,13-16H2/t20-/m1/s1. The van der Waals surface area contributed by atoms with Crippen LogP contribution in [0.2, 0.25) is 0 Å². The van der Waals surface area contributed by atoms with Crippen molar-refractivity contribution in [2.75, 3.05) is 13.1 Å². The first kappa shape index (κ1) is 18.4. The van der Waals surface area contributed by atoms with E-state index in [1.807, 2.05) is 53.4 Å². The maximum absolute atomic E-state index is 13.4. The highest BCUT2D eigenvalue weighted by molar-refractivity contribution is 8.00. The minimum absolute atomic E-state index is 0.175.